The summed E-state index contributed by atoms with van der Waals surface area (Å²) in [6.07, 6.45) is 0. The number of carbonyl (C=O) groups is 1. The van der Waals surface area contributed by atoms with Crippen molar-refractivity contribution in [2.75, 3.05) is 6.54 Å². The summed E-state index contributed by atoms with van der Waals surface area (Å²) >= 11 is 3.38. The van der Waals surface area contributed by atoms with E-state index in [4.69, 9.17) is 0 Å². The van der Waals surface area contributed by atoms with Gasteiger partial charge in [-0.15, -0.1) is 0 Å². The fourth-order valence-electron chi connectivity index (χ4n) is 1.38. The predicted octanol–water partition coefficient (Wildman–Crippen LogP) is 2.86. The first kappa shape index (κ1) is 12.2. The Labute approximate surface area is 99.2 Å². The minimum Gasteiger partial charge on any atom is -0.356 e. The van der Waals surface area contributed by atoms with E-state index in [1.165, 1.54) is 0 Å². The van der Waals surface area contributed by atoms with Crippen LogP contribution in [-0.4, -0.2) is 12.5 Å². The van der Waals surface area contributed by atoms with Crippen molar-refractivity contribution in [1.82, 2.24) is 5.32 Å². The van der Waals surface area contributed by atoms with Gasteiger partial charge < -0.3 is 5.32 Å². The van der Waals surface area contributed by atoms with Crippen molar-refractivity contribution in [3.63, 3.8) is 0 Å². The van der Waals surface area contributed by atoms with Gasteiger partial charge in [0, 0.05) is 11.0 Å². The van der Waals surface area contributed by atoms with E-state index >= 15 is 0 Å². The van der Waals surface area contributed by atoms with Crippen LogP contribution in [0.2, 0.25) is 0 Å². The quantitative estimate of drug-likeness (QED) is 0.899. The molecule has 0 bridgehead atoms. The predicted molar refractivity (Wildman–Crippen MR) is 65.9 cm³/mol. The lowest BCUT2D eigenvalue weighted by molar-refractivity contribution is -0.125. The maximum atomic E-state index is 11.8. The number of nitrogens with one attached hydrogen (secondary N) is 1. The highest BCUT2D eigenvalue weighted by molar-refractivity contribution is 9.10. The van der Waals surface area contributed by atoms with Crippen molar-refractivity contribution < 1.29 is 4.79 Å². The fourth-order valence-corrected chi connectivity index (χ4v) is 1.64. The standard InChI is InChI=1S/C12H16BrNO/c1-4-14-11(15)12(2,3)9-5-7-10(13)8-6-9/h5-8H,4H2,1-3H3,(H,14,15). The Balaban J connectivity index is 2.94. The molecule has 1 aromatic rings. The molecule has 0 unspecified atom stereocenters. The summed E-state index contributed by atoms with van der Waals surface area (Å²) in [7, 11) is 0. The molecule has 0 aliphatic rings. The molecule has 0 atom stereocenters. The van der Waals surface area contributed by atoms with E-state index in [0.29, 0.717) is 6.54 Å². The monoisotopic (exact) mass is 269 g/mol. The van der Waals surface area contributed by atoms with Crippen LogP contribution in [0.5, 0.6) is 0 Å². The minimum absolute atomic E-state index is 0.0623. The normalized spacial score (nSPS) is 11.2. The lowest BCUT2D eigenvalue weighted by Gasteiger charge is -2.23. The van der Waals surface area contributed by atoms with Crippen molar-refractivity contribution in [3.8, 4) is 0 Å². The van der Waals surface area contributed by atoms with Crippen LogP contribution in [0.4, 0.5) is 0 Å². The van der Waals surface area contributed by atoms with Crippen LogP contribution in [0, 0.1) is 0 Å². The van der Waals surface area contributed by atoms with E-state index in [-0.39, 0.29) is 5.91 Å². The molecule has 0 aliphatic carbocycles. The molecule has 0 aromatic heterocycles. The van der Waals surface area contributed by atoms with E-state index in [9.17, 15) is 4.79 Å². The lowest BCUT2D eigenvalue weighted by atomic mass is 9.84. The second kappa shape index (κ2) is 4.79. The summed E-state index contributed by atoms with van der Waals surface area (Å²) in [6.45, 7) is 6.46. The molecule has 1 N–H and O–H groups in total. The Morgan fingerprint density at radius 1 is 1.33 bits per heavy atom. The molecule has 0 aliphatic heterocycles. The second-order valence-electron chi connectivity index (χ2n) is 3.99. The third-order valence-electron chi connectivity index (χ3n) is 2.47. The summed E-state index contributed by atoms with van der Waals surface area (Å²) in [5.74, 6) is 0.0623. The summed E-state index contributed by atoms with van der Waals surface area (Å²) in [4.78, 5) is 11.8. The fraction of sp³-hybridized carbons (Fsp3) is 0.417. The van der Waals surface area contributed by atoms with Crippen LogP contribution in [0.1, 0.15) is 26.3 Å². The van der Waals surface area contributed by atoms with E-state index in [1.54, 1.807) is 0 Å². The zero-order chi connectivity index (χ0) is 11.5. The summed E-state index contributed by atoms with van der Waals surface area (Å²) < 4.78 is 1.03. The molecule has 82 valence electrons. The number of rotatable bonds is 3. The molecule has 0 saturated carbocycles. The molecule has 3 heteroatoms. The minimum atomic E-state index is -0.475. The van der Waals surface area contributed by atoms with Gasteiger partial charge in [0.1, 0.15) is 0 Å². The van der Waals surface area contributed by atoms with Crippen LogP contribution in [-0.2, 0) is 10.2 Å². The zero-order valence-corrected chi connectivity index (χ0v) is 10.9. The Morgan fingerprint density at radius 2 is 1.87 bits per heavy atom. The summed E-state index contributed by atoms with van der Waals surface area (Å²) in [5.41, 5.74) is 0.549. The molecule has 15 heavy (non-hydrogen) atoms. The van der Waals surface area contributed by atoms with Crippen LogP contribution in [0.25, 0.3) is 0 Å². The van der Waals surface area contributed by atoms with E-state index in [2.05, 4.69) is 21.2 Å². The van der Waals surface area contributed by atoms with E-state index in [0.717, 1.165) is 10.0 Å². The highest BCUT2D eigenvalue weighted by atomic mass is 79.9. The van der Waals surface area contributed by atoms with Gasteiger partial charge in [0.25, 0.3) is 0 Å². The first-order chi connectivity index (χ1) is 6.98. The van der Waals surface area contributed by atoms with Crippen molar-refractivity contribution >= 4 is 21.8 Å². The van der Waals surface area contributed by atoms with Gasteiger partial charge in [0.2, 0.25) is 5.91 Å². The van der Waals surface area contributed by atoms with Gasteiger partial charge in [-0.1, -0.05) is 28.1 Å². The maximum absolute atomic E-state index is 11.8. The molecular formula is C12H16BrNO. The Kier molecular flexibility index (Phi) is 3.91. The molecule has 2 nitrogen and oxygen atoms in total. The number of halogens is 1. The van der Waals surface area contributed by atoms with Gasteiger partial charge in [-0.25, -0.2) is 0 Å². The Morgan fingerprint density at radius 3 is 2.33 bits per heavy atom. The van der Waals surface area contributed by atoms with Gasteiger partial charge >= 0.3 is 0 Å². The van der Waals surface area contributed by atoms with E-state index in [1.807, 2.05) is 45.0 Å². The zero-order valence-electron chi connectivity index (χ0n) is 9.30. The van der Waals surface area contributed by atoms with Gasteiger partial charge in [-0.2, -0.15) is 0 Å². The number of hydrogen-bond donors (Lipinski definition) is 1. The lowest BCUT2D eigenvalue weighted by Crippen LogP contribution is -2.39. The van der Waals surface area contributed by atoms with Crippen LogP contribution in [0.15, 0.2) is 28.7 Å². The van der Waals surface area contributed by atoms with Crippen molar-refractivity contribution in [3.05, 3.63) is 34.3 Å². The first-order valence-corrected chi connectivity index (χ1v) is 5.82. The highest BCUT2D eigenvalue weighted by Gasteiger charge is 2.28. The topological polar surface area (TPSA) is 29.1 Å². The molecule has 0 saturated heterocycles. The number of hydrogen-bond acceptors (Lipinski definition) is 1. The third kappa shape index (κ3) is 2.81. The van der Waals surface area contributed by atoms with Crippen molar-refractivity contribution in [2.45, 2.75) is 26.2 Å². The van der Waals surface area contributed by atoms with Crippen LogP contribution in [0.3, 0.4) is 0 Å². The van der Waals surface area contributed by atoms with Crippen LogP contribution >= 0.6 is 15.9 Å². The number of benzene rings is 1. The number of likely N-dealkylation sites (N-methyl/N-ethyl adjacent to an activating group) is 1. The molecule has 0 spiro atoms. The second-order valence-corrected chi connectivity index (χ2v) is 4.91. The van der Waals surface area contributed by atoms with Crippen molar-refractivity contribution in [2.24, 2.45) is 0 Å². The molecule has 1 amide bonds. The van der Waals surface area contributed by atoms with Crippen LogP contribution < -0.4 is 5.32 Å². The van der Waals surface area contributed by atoms with Crippen molar-refractivity contribution in [1.29, 1.82) is 0 Å². The maximum Gasteiger partial charge on any atom is 0.230 e. The molecule has 0 heterocycles. The Bertz CT molecular complexity index is 343. The molecule has 0 radical (unpaired) electrons. The number of amides is 1. The van der Waals surface area contributed by atoms with Gasteiger partial charge in [-0.05, 0) is 38.5 Å². The molecule has 0 fully saturated rings. The van der Waals surface area contributed by atoms with Gasteiger partial charge in [-0.3, -0.25) is 4.79 Å². The molecule has 1 aromatic carbocycles. The summed E-state index contributed by atoms with van der Waals surface area (Å²) in [5, 5.41) is 2.85. The first-order valence-electron chi connectivity index (χ1n) is 5.03. The highest BCUT2D eigenvalue weighted by Crippen LogP contribution is 2.24. The number of carbonyl (C=O) groups excluding carboxylic acids is 1. The Hall–Kier alpha value is -0.830. The third-order valence-corrected chi connectivity index (χ3v) is 3.00. The van der Waals surface area contributed by atoms with Gasteiger partial charge in [0.05, 0.1) is 5.41 Å². The largest absolute Gasteiger partial charge is 0.356 e. The average Bonchev–Trinajstić information content (AvgIpc) is 2.18. The van der Waals surface area contributed by atoms with Gasteiger partial charge in [0.15, 0.2) is 0 Å². The molecule has 1 rings (SSSR count). The molecular weight excluding hydrogens is 254 g/mol. The summed E-state index contributed by atoms with van der Waals surface area (Å²) in [6, 6.07) is 7.85. The SMILES string of the molecule is CCNC(=O)C(C)(C)c1ccc(Br)cc1. The average molecular weight is 270 g/mol. The van der Waals surface area contributed by atoms with E-state index < -0.39 is 5.41 Å². The smallest absolute Gasteiger partial charge is 0.230 e.